The average Bonchev–Trinajstić information content (AvgIpc) is 2.75. The first-order chi connectivity index (χ1) is 14.8. The van der Waals surface area contributed by atoms with Crippen molar-refractivity contribution in [1.82, 2.24) is 0 Å². The molecule has 6 heteroatoms. The van der Waals surface area contributed by atoms with E-state index in [2.05, 4.69) is 0 Å². The lowest BCUT2D eigenvalue weighted by atomic mass is 10.0. The van der Waals surface area contributed by atoms with Gasteiger partial charge >= 0.3 is 0 Å². The van der Waals surface area contributed by atoms with E-state index < -0.39 is 5.97 Å². The molecule has 4 rings (SSSR count). The van der Waals surface area contributed by atoms with Crippen LogP contribution < -0.4 is 15.3 Å². The van der Waals surface area contributed by atoms with Gasteiger partial charge in [-0.25, -0.2) is 0 Å². The van der Waals surface area contributed by atoms with Crippen LogP contribution in [0.5, 0.6) is 5.75 Å². The normalized spacial score (nSPS) is 10.9. The zero-order chi connectivity index (χ0) is 22.1. The second kappa shape index (κ2) is 8.28. The number of aryl methyl sites for hydroxylation is 2. The van der Waals surface area contributed by atoms with Crippen molar-refractivity contribution in [2.45, 2.75) is 20.5 Å². The summed E-state index contributed by atoms with van der Waals surface area (Å²) in [5.41, 5.74) is 3.61. The molecule has 0 aliphatic rings. The molecule has 3 aromatic carbocycles. The molecule has 0 N–H and O–H groups in total. The molecule has 4 aromatic rings. The molecule has 156 valence electrons. The maximum absolute atomic E-state index is 13.3. The highest BCUT2D eigenvalue weighted by atomic mass is 35.5. The van der Waals surface area contributed by atoms with Crippen molar-refractivity contribution >= 4 is 28.5 Å². The van der Waals surface area contributed by atoms with E-state index in [1.165, 1.54) is 12.1 Å². The predicted molar refractivity (Wildman–Crippen MR) is 118 cm³/mol. The van der Waals surface area contributed by atoms with Crippen molar-refractivity contribution in [2.75, 3.05) is 0 Å². The van der Waals surface area contributed by atoms with Crippen molar-refractivity contribution < 1.29 is 19.1 Å². The third-order valence-corrected chi connectivity index (χ3v) is 5.40. The van der Waals surface area contributed by atoms with Gasteiger partial charge in [0.1, 0.15) is 12.2 Å². The van der Waals surface area contributed by atoms with Crippen LogP contribution in [0.25, 0.3) is 22.3 Å². The molecule has 0 fully saturated rings. The number of carbonyl (C=O) groups is 1. The first-order valence-corrected chi connectivity index (χ1v) is 9.98. The number of halogens is 1. The van der Waals surface area contributed by atoms with Gasteiger partial charge < -0.3 is 19.1 Å². The van der Waals surface area contributed by atoms with Gasteiger partial charge in [0.05, 0.1) is 11.4 Å². The minimum atomic E-state index is -1.25. The second-order valence-electron chi connectivity index (χ2n) is 7.30. The third kappa shape index (κ3) is 4.18. The molecule has 0 radical (unpaired) electrons. The summed E-state index contributed by atoms with van der Waals surface area (Å²) in [5.74, 6) is -0.857. The fourth-order valence-corrected chi connectivity index (χ4v) is 3.37. The Bertz CT molecular complexity index is 1340. The van der Waals surface area contributed by atoms with Gasteiger partial charge in [-0.15, -0.1) is 0 Å². The van der Waals surface area contributed by atoms with Gasteiger partial charge in [0.2, 0.25) is 11.2 Å². The van der Waals surface area contributed by atoms with E-state index in [1.807, 2.05) is 19.9 Å². The molecule has 0 aliphatic heterocycles. The lowest BCUT2D eigenvalue weighted by Gasteiger charge is -2.13. The highest BCUT2D eigenvalue weighted by molar-refractivity contribution is 6.30. The molecule has 0 saturated carbocycles. The molecule has 0 aliphatic carbocycles. The molecule has 5 nitrogen and oxygen atoms in total. The van der Waals surface area contributed by atoms with Crippen molar-refractivity contribution in [2.24, 2.45) is 0 Å². The van der Waals surface area contributed by atoms with E-state index in [4.69, 9.17) is 20.8 Å². The molecule has 0 spiro atoms. The van der Waals surface area contributed by atoms with Crippen molar-refractivity contribution in [3.05, 3.63) is 98.2 Å². The van der Waals surface area contributed by atoms with Crippen LogP contribution >= 0.6 is 11.6 Å². The Morgan fingerprint density at radius 1 is 1.00 bits per heavy atom. The number of carboxylic acids is 1. The van der Waals surface area contributed by atoms with Gasteiger partial charge in [0.25, 0.3) is 0 Å². The molecule has 31 heavy (non-hydrogen) atoms. The van der Waals surface area contributed by atoms with E-state index >= 15 is 0 Å². The fourth-order valence-electron chi connectivity index (χ4n) is 3.25. The number of benzene rings is 3. The summed E-state index contributed by atoms with van der Waals surface area (Å²) in [5, 5.41) is 11.9. The number of hydrogen-bond donors (Lipinski definition) is 0. The number of fused-ring (bicyclic) bond motifs is 1. The van der Waals surface area contributed by atoms with Gasteiger partial charge in [-0.05, 0) is 72.5 Å². The van der Waals surface area contributed by atoms with Gasteiger partial charge in [0.15, 0.2) is 5.76 Å². The van der Waals surface area contributed by atoms with Gasteiger partial charge in [-0.1, -0.05) is 35.9 Å². The molecule has 0 amide bonds. The smallest absolute Gasteiger partial charge is 0.235 e. The average molecular weight is 434 g/mol. The minimum absolute atomic E-state index is 0.0645. The van der Waals surface area contributed by atoms with Crippen molar-refractivity contribution in [3.8, 4) is 17.1 Å². The van der Waals surface area contributed by atoms with E-state index in [0.29, 0.717) is 32.9 Å². The second-order valence-corrected chi connectivity index (χ2v) is 7.74. The van der Waals surface area contributed by atoms with Crippen LogP contribution in [0.3, 0.4) is 0 Å². The summed E-state index contributed by atoms with van der Waals surface area (Å²) in [6, 6.07) is 16.7. The van der Waals surface area contributed by atoms with Crippen LogP contribution in [-0.2, 0) is 6.61 Å². The number of ether oxygens (including phenoxy) is 1. The maximum atomic E-state index is 13.3. The van der Waals surface area contributed by atoms with Crippen LogP contribution in [0.4, 0.5) is 0 Å². The molecule has 0 saturated heterocycles. The maximum Gasteiger partial charge on any atom is 0.235 e. The van der Waals surface area contributed by atoms with E-state index in [9.17, 15) is 14.7 Å². The first kappa shape index (κ1) is 20.7. The predicted octanol–water partition coefficient (Wildman–Crippen LogP) is 4.67. The van der Waals surface area contributed by atoms with Gasteiger partial charge in [-0.3, -0.25) is 4.79 Å². The highest BCUT2D eigenvalue weighted by Crippen LogP contribution is 2.33. The van der Waals surface area contributed by atoms with Crippen molar-refractivity contribution in [3.63, 3.8) is 0 Å². The largest absolute Gasteiger partial charge is 0.545 e. The standard InChI is InChI=1S/C25H19ClO5/c1-14-11-20-21(12-15(14)2)31-23(17-7-9-19(26)10-8-17)24(22(20)27)30-13-16-3-5-18(6-4-16)25(28)29/h3-12H,13H2,1-2H3,(H,28,29)/p-1. The minimum Gasteiger partial charge on any atom is -0.545 e. The zero-order valence-corrected chi connectivity index (χ0v) is 17.7. The summed E-state index contributed by atoms with van der Waals surface area (Å²) in [4.78, 5) is 24.3. The summed E-state index contributed by atoms with van der Waals surface area (Å²) in [6.45, 7) is 3.95. The summed E-state index contributed by atoms with van der Waals surface area (Å²) >= 11 is 6.01. The molecule has 1 aromatic heterocycles. The zero-order valence-electron chi connectivity index (χ0n) is 16.9. The molecule has 0 unspecified atom stereocenters. The molecular formula is C25H18ClO5-. The molecule has 0 atom stereocenters. The third-order valence-electron chi connectivity index (χ3n) is 5.14. The van der Waals surface area contributed by atoms with Crippen LogP contribution in [0.15, 0.2) is 69.9 Å². The lowest BCUT2D eigenvalue weighted by Crippen LogP contribution is -2.22. The van der Waals surface area contributed by atoms with Crippen LogP contribution in [0.2, 0.25) is 5.02 Å². The summed E-state index contributed by atoms with van der Waals surface area (Å²) < 4.78 is 12.0. The Kier molecular flexibility index (Phi) is 5.53. The van der Waals surface area contributed by atoms with Crippen LogP contribution in [0.1, 0.15) is 27.0 Å². The van der Waals surface area contributed by atoms with Gasteiger partial charge in [0, 0.05) is 10.6 Å². The fraction of sp³-hybridized carbons (Fsp3) is 0.120. The number of carbonyl (C=O) groups excluding carboxylic acids is 1. The molecular weight excluding hydrogens is 416 g/mol. The summed E-state index contributed by atoms with van der Waals surface area (Å²) in [6.07, 6.45) is 0. The number of aromatic carboxylic acids is 1. The van der Waals surface area contributed by atoms with Crippen molar-refractivity contribution in [1.29, 1.82) is 0 Å². The summed E-state index contributed by atoms with van der Waals surface area (Å²) in [7, 11) is 0. The topological polar surface area (TPSA) is 79.6 Å². The SMILES string of the molecule is Cc1cc2oc(-c3ccc(Cl)cc3)c(OCc3ccc(C(=O)[O-])cc3)c(=O)c2cc1C. The highest BCUT2D eigenvalue weighted by Gasteiger charge is 2.19. The van der Waals surface area contributed by atoms with E-state index in [0.717, 1.165) is 11.1 Å². The Morgan fingerprint density at radius 3 is 2.29 bits per heavy atom. The molecule has 0 bridgehead atoms. The lowest BCUT2D eigenvalue weighted by molar-refractivity contribution is -0.255. The molecule has 1 heterocycles. The van der Waals surface area contributed by atoms with Gasteiger partial charge in [-0.2, -0.15) is 0 Å². The Hall–Kier alpha value is -3.57. The number of hydrogen-bond acceptors (Lipinski definition) is 5. The Morgan fingerprint density at radius 2 is 1.65 bits per heavy atom. The van der Waals surface area contributed by atoms with E-state index in [-0.39, 0.29) is 23.3 Å². The quantitative estimate of drug-likeness (QED) is 0.457. The Balaban J connectivity index is 1.81. The monoisotopic (exact) mass is 433 g/mol. The number of carboxylic acid groups (broad SMARTS) is 1. The first-order valence-electron chi connectivity index (χ1n) is 9.60. The van der Waals surface area contributed by atoms with E-state index in [1.54, 1.807) is 42.5 Å². The van der Waals surface area contributed by atoms with Crippen LogP contribution in [0, 0.1) is 13.8 Å². The Labute approximate surface area is 183 Å². The van der Waals surface area contributed by atoms with Crippen LogP contribution in [-0.4, -0.2) is 5.97 Å². The number of rotatable bonds is 5.